The largest absolute Gasteiger partial charge is 0.378 e. The third-order valence-corrected chi connectivity index (χ3v) is 5.23. The van der Waals surface area contributed by atoms with E-state index in [1.807, 2.05) is 30.3 Å². The Morgan fingerprint density at radius 1 is 0.893 bits per heavy atom. The number of anilines is 2. The summed E-state index contributed by atoms with van der Waals surface area (Å²) in [5.74, 6) is 0.107. The number of carbonyl (C=O) groups is 2. The van der Waals surface area contributed by atoms with Gasteiger partial charge in [-0.15, -0.1) is 0 Å². The number of carbonyl (C=O) groups excluding carboxylic acids is 2. The number of benzene rings is 2. The van der Waals surface area contributed by atoms with E-state index in [4.69, 9.17) is 4.74 Å². The molecule has 2 aliphatic heterocycles. The quantitative estimate of drug-likeness (QED) is 0.592. The van der Waals surface area contributed by atoms with E-state index in [9.17, 15) is 9.59 Å². The molecule has 0 saturated carbocycles. The first-order valence-corrected chi connectivity index (χ1v) is 9.76. The first kappa shape index (κ1) is 18.4. The lowest BCUT2D eigenvalue weighted by atomic mass is 10.1. The number of hydrogen-bond donors (Lipinski definition) is 0. The number of amides is 1. The fourth-order valence-corrected chi connectivity index (χ4v) is 3.61. The number of rotatable bonds is 5. The van der Waals surface area contributed by atoms with Crippen molar-refractivity contribution in [3.05, 3.63) is 65.7 Å². The molecule has 0 bridgehead atoms. The van der Waals surface area contributed by atoms with Gasteiger partial charge in [0.15, 0.2) is 5.78 Å². The monoisotopic (exact) mass is 376 g/mol. The van der Waals surface area contributed by atoms with E-state index in [2.05, 4.69) is 17.0 Å². The molecule has 0 unspecified atom stereocenters. The van der Waals surface area contributed by atoms with Crippen LogP contribution in [-0.4, -0.2) is 44.5 Å². The molecule has 1 amide bonds. The number of allylic oxidation sites excluding steroid dienone is 1. The van der Waals surface area contributed by atoms with Crippen LogP contribution in [0.5, 0.6) is 0 Å². The molecule has 5 heteroatoms. The number of hydrogen-bond acceptors (Lipinski definition) is 4. The van der Waals surface area contributed by atoms with E-state index in [1.54, 1.807) is 23.1 Å². The zero-order valence-corrected chi connectivity index (χ0v) is 15.8. The van der Waals surface area contributed by atoms with Gasteiger partial charge in [0, 0.05) is 43.0 Å². The predicted octanol–water partition coefficient (Wildman–Crippen LogP) is 3.55. The molecular weight excluding hydrogens is 352 g/mol. The van der Waals surface area contributed by atoms with Crippen LogP contribution in [0, 0.1) is 0 Å². The average molecular weight is 376 g/mol. The van der Waals surface area contributed by atoms with Gasteiger partial charge in [-0.2, -0.15) is 0 Å². The van der Waals surface area contributed by atoms with Gasteiger partial charge in [0.2, 0.25) is 5.91 Å². The van der Waals surface area contributed by atoms with Crippen molar-refractivity contribution in [2.75, 3.05) is 42.6 Å². The molecule has 2 saturated heterocycles. The number of ether oxygens (including phenoxy) is 1. The van der Waals surface area contributed by atoms with Gasteiger partial charge in [0.1, 0.15) is 0 Å². The number of ketones is 1. The summed E-state index contributed by atoms with van der Waals surface area (Å²) in [6.45, 7) is 4.10. The van der Waals surface area contributed by atoms with Crippen LogP contribution < -0.4 is 9.80 Å². The van der Waals surface area contributed by atoms with Gasteiger partial charge in [-0.05, 0) is 54.5 Å². The maximum absolute atomic E-state index is 12.4. The van der Waals surface area contributed by atoms with Crippen molar-refractivity contribution in [3.63, 3.8) is 0 Å². The van der Waals surface area contributed by atoms with Crippen LogP contribution in [0.3, 0.4) is 0 Å². The fraction of sp³-hybridized carbons (Fsp3) is 0.304. The highest BCUT2D eigenvalue weighted by atomic mass is 16.5. The molecule has 4 rings (SSSR count). The van der Waals surface area contributed by atoms with Crippen LogP contribution in [0.2, 0.25) is 0 Å². The summed E-state index contributed by atoms with van der Waals surface area (Å²) < 4.78 is 5.38. The number of nitrogens with zero attached hydrogens (tertiary/aromatic N) is 2. The third kappa shape index (κ3) is 4.15. The molecule has 2 aliphatic rings. The smallest absolute Gasteiger partial charge is 0.227 e. The highest BCUT2D eigenvalue weighted by Gasteiger charge is 2.21. The van der Waals surface area contributed by atoms with E-state index in [1.165, 1.54) is 5.69 Å². The zero-order chi connectivity index (χ0) is 19.3. The van der Waals surface area contributed by atoms with E-state index in [0.29, 0.717) is 12.0 Å². The Labute approximate surface area is 165 Å². The molecule has 2 aromatic rings. The summed E-state index contributed by atoms with van der Waals surface area (Å²) in [4.78, 5) is 28.3. The topological polar surface area (TPSA) is 49.9 Å². The normalized spacial score (nSPS) is 17.5. The maximum Gasteiger partial charge on any atom is 0.227 e. The first-order valence-electron chi connectivity index (χ1n) is 9.76. The highest BCUT2D eigenvalue weighted by molar-refractivity contribution is 6.07. The van der Waals surface area contributed by atoms with Gasteiger partial charge < -0.3 is 14.5 Å². The number of morpholine rings is 1. The van der Waals surface area contributed by atoms with Crippen LogP contribution >= 0.6 is 0 Å². The van der Waals surface area contributed by atoms with Gasteiger partial charge in [0.05, 0.1) is 13.2 Å². The highest BCUT2D eigenvalue weighted by Crippen LogP contribution is 2.22. The van der Waals surface area contributed by atoms with Crippen molar-refractivity contribution in [1.82, 2.24) is 0 Å². The molecule has 0 N–H and O–H groups in total. The van der Waals surface area contributed by atoms with E-state index in [0.717, 1.165) is 50.5 Å². The fourth-order valence-electron chi connectivity index (χ4n) is 3.61. The minimum Gasteiger partial charge on any atom is -0.378 e. The molecule has 0 aliphatic carbocycles. The lowest BCUT2D eigenvalue weighted by Gasteiger charge is -2.28. The van der Waals surface area contributed by atoms with E-state index in [-0.39, 0.29) is 11.7 Å². The molecule has 144 valence electrons. The predicted molar refractivity (Wildman–Crippen MR) is 111 cm³/mol. The second-order valence-electron chi connectivity index (χ2n) is 7.08. The zero-order valence-electron chi connectivity index (χ0n) is 15.8. The minimum absolute atomic E-state index is 0.0449. The summed E-state index contributed by atoms with van der Waals surface area (Å²) in [6, 6.07) is 15.5. The summed E-state index contributed by atoms with van der Waals surface area (Å²) in [7, 11) is 0. The molecule has 28 heavy (non-hydrogen) atoms. The van der Waals surface area contributed by atoms with Crippen molar-refractivity contribution in [3.8, 4) is 0 Å². The molecule has 2 heterocycles. The summed E-state index contributed by atoms with van der Waals surface area (Å²) in [5, 5.41) is 0. The Balaban J connectivity index is 1.38. The Morgan fingerprint density at radius 3 is 2.21 bits per heavy atom. The van der Waals surface area contributed by atoms with Crippen molar-refractivity contribution >= 4 is 29.1 Å². The Hall–Kier alpha value is -2.92. The van der Waals surface area contributed by atoms with E-state index >= 15 is 0 Å². The van der Waals surface area contributed by atoms with Crippen molar-refractivity contribution < 1.29 is 14.3 Å². The minimum atomic E-state index is -0.0449. The third-order valence-electron chi connectivity index (χ3n) is 5.23. The van der Waals surface area contributed by atoms with Crippen molar-refractivity contribution in [2.24, 2.45) is 0 Å². The van der Waals surface area contributed by atoms with Gasteiger partial charge in [0.25, 0.3) is 0 Å². The molecule has 2 fully saturated rings. The van der Waals surface area contributed by atoms with Crippen LogP contribution in [0.4, 0.5) is 11.4 Å². The van der Waals surface area contributed by atoms with Crippen LogP contribution in [0.15, 0.2) is 54.6 Å². The van der Waals surface area contributed by atoms with Gasteiger partial charge in [-0.1, -0.05) is 18.2 Å². The summed E-state index contributed by atoms with van der Waals surface area (Å²) in [6.07, 6.45) is 4.93. The second kappa shape index (κ2) is 8.40. The molecule has 0 spiro atoms. The van der Waals surface area contributed by atoms with Gasteiger partial charge in [-0.25, -0.2) is 0 Å². The van der Waals surface area contributed by atoms with Crippen molar-refractivity contribution in [2.45, 2.75) is 12.8 Å². The lowest BCUT2D eigenvalue weighted by molar-refractivity contribution is -0.117. The molecule has 0 radical (unpaired) electrons. The molecule has 2 aromatic carbocycles. The average Bonchev–Trinajstić information content (AvgIpc) is 3.19. The maximum atomic E-state index is 12.4. The SMILES string of the molecule is O=C(C=Cc1ccc(N2CCOCC2)cc1)c1ccc(N2CCCC2=O)cc1. The molecule has 0 atom stereocenters. The first-order chi connectivity index (χ1) is 13.7. The summed E-state index contributed by atoms with van der Waals surface area (Å²) in [5.41, 5.74) is 3.65. The van der Waals surface area contributed by atoms with Crippen molar-refractivity contribution in [1.29, 1.82) is 0 Å². The summed E-state index contributed by atoms with van der Waals surface area (Å²) >= 11 is 0. The van der Waals surface area contributed by atoms with Crippen LogP contribution in [0.1, 0.15) is 28.8 Å². The molecule has 5 nitrogen and oxygen atoms in total. The Morgan fingerprint density at radius 2 is 1.57 bits per heavy atom. The lowest BCUT2D eigenvalue weighted by Crippen LogP contribution is -2.36. The van der Waals surface area contributed by atoms with E-state index < -0.39 is 0 Å². The standard InChI is InChI=1S/C23H24N2O3/c26-22(19-6-10-21(11-7-19)25-13-1-2-23(25)27)12-5-18-3-8-20(9-4-18)24-14-16-28-17-15-24/h3-12H,1-2,13-17H2. The Bertz CT molecular complexity index is 866. The van der Waals surface area contributed by atoms with Crippen LogP contribution in [-0.2, 0) is 9.53 Å². The van der Waals surface area contributed by atoms with Gasteiger partial charge in [-0.3, -0.25) is 9.59 Å². The molecular formula is C23H24N2O3. The Kier molecular flexibility index (Phi) is 5.53. The van der Waals surface area contributed by atoms with Crippen LogP contribution in [0.25, 0.3) is 6.08 Å². The molecule has 0 aromatic heterocycles. The van der Waals surface area contributed by atoms with Gasteiger partial charge >= 0.3 is 0 Å². The second-order valence-corrected chi connectivity index (χ2v) is 7.08.